The lowest BCUT2D eigenvalue weighted by atomic mass is 9.46. The molecule has 0 bridgehead atoms. The largest absolute Gasteiger partial charge is 0.411 e. The van der Waals surface area contributed by atoms with Crippen molar-refractivity contribution in [3.8, 4) is 0 Å². The van der Waals surface area contributed by atoms with Gasteiger partial charge < -0.3 is 15.4 Å². The highest BCUT2D eigenvalue weighted by atomic mass is 16.4. The van der Waals surface area contributed by atoms with Crippen LogP contribution in [0.2, 0.25) is 0 Å². The van der Waals surface area contributed by atoms with Crippen LogP contribution in [0.3, 0.4) is 0 Å². The Morgan fingerprint density at radius 2 is 1.81 bits per heavy atom. The van der Waals surface area contributed by atoms with Crippen molar-refractivity contribution in [2.75, 3.05) is 0 Å². The number of rotatable bonds is 2. The predicted molar refractivity (Wildman–Crippen MR) is 119 cm³/mol. The van der Waals surface area contributed by atoms with Gasteiger partial charge in [-0.25, -0.2) is 0 Å². The van der Waals surface area contributed by atoms with Crippen molar-refractivity contribution in [1.82, 2.24) is 0 Å². The molecule has 0 aliphatic heterocycles. The Kier molecular flexibility index (Phi) is 4.87. The summed E-state index contributed by atoms with van der Waals surface area (Å²) in [6.07, 6.45) is 12.3. The topological polar surface area (TPSA) is 76.9 Å². The number of hydrogen-bond acceptors (Lipinski definition) is 4. The number of aliphatic hydroxyl groups is 2. The fourth-order valence-corrected chi connectivity index (χ4v) is 8.68. The minimum atomic E-state index is -0.744. The quantitative estimate of drug-likeness (QED) is 0.222. The molecule has 0 aromatic carbocycles. The van der Waals surface area contributed by atoms with Crippen LogP contribution in [0.25, 0.3) is 0 Å². The van der Waals surface area contributed by atoms with Crippen molar-refractivity contribution in [3.05, 3.63) is 42.2 Å². The molecule has 4 aliphatic carbocycles. The Hall–Kier alpha value is -1.72. The molecule has 8 unspecified atom stereocenters. The molecule has 4 aliphatic rings. The first kappa shape index (κ1) is 21.1. The second-order valence-corrected chi connectivity index (χ2v) is 11.1. The molecule has 3 fully saturated rings. The third-order valence-electron chi connectivity index (χ3n) is 10.1. The third kappa shape index (κ3) is 2.62. The molecule has 1 aromatic heterocycles. The first-order valence-corrected chi connectivity index (χ1v) is 12.0. The predicted octanol–water partition coefficient (Wildman–Crippen LogP) is 3.81. The monoisotopic (exact) mass is 425 g/mol. The zero-order valence-corrected chi connectivity index (χ0v) is 19.0. The minimum absolute atomic E-state index is 0.166. The minimum Gasteiger partial charge on any atom is -0.411 e. The highest BCUT2D eigenvalue weighted by Gasteiger charge is 2.74. The van der Waals surface area contributed by atoms with Gasteiger partial charge in [0, 0.05) is 17.5 Å². The Morgan fingerprint density at radius 1 is 1.06 bits per heavy atom. The molecule has 3 saturated carbocycles. The summed E-state index contributed by atoms with van der Waals surface area (Å²) in [5, 5.41) is 35.5. The highest BCUT2D eigenvalue weighted by Crippen LogP contribution is 2.68. The van der Waals surface area contributed by atoms with Crippen molar-refractivity contribution in [1.29, 1.82) is 0 Å². The van der Waals surface area contributed by atoms with Gasteiger partial charge in [0.05, 0.1) is 6.10 Å². The second kappa shape index (κ2) is 7.14. The zero-order valence-electron chi connectivity index (χ0n) is 19.0. The van der Waals surface area contributed by atoms with Gasteiger partial charge in [0.2, 0.25) is 5.54 Å². The number of aliphatic hydroxyl groups excluding tert-OH is 2. The molecule has 5 nitrogen and oxygen atoms in total. The van der Waals surface area contributed by atoms with Gasteiger partial charge in [0.25, 0.3) is 0 Å². The van der Waals surface area contributed by atoms with Crippen molar-refractivity contribution < 1.29 is 20.0 Å². The fraction of sp³-hybridized carbons (Fsp3) is 0.692. The van der Waals surface area contributed by atoms with Gasteiger partial charge in [0.15, 0.2) is 12.4 Å². The smallest absolute Gasteiger partial charge is 0.239 e. The summed E-state index contributed by atoms with van der Waals surface area (Å²) in [5.74, 6) is 1.45. The lowest BCUT2D eigenvalue weighted by Crippen LogP contribution is -2.72. The summed E-state index contributed by atoms with van der Waals surface area (Å²) >= 11 is 0. The SMILES string of the molecule is CC(=NO)C1([n+]2ccccc2)C(O)CC2C3CC=C4CC(O)CCC4(C)C3CCC21C. The number of aromatic nitrogens is 1. The number of nitrogens with zero attached hydrogens (tertiary/aromatic N) is 2. The summed E-state index contributed by atoms with van der Waals surface area (Å²) in [7, 11) is 0. The summed E-state index contributed by atoms with van der Waals surface area (Å²) in [5.41, 5.74) is 1.28. The molecular formula is C26H37N2O3+. The van der Waals surface area contributed by atoms with Crippen LogP contribution in [0.15, 0.2) is 47.4 Å². The van der Waals surface area contributed by atoms with Crippen LogP contribution >= 0.6 is 0 Å². The number of fused-ring (bicyclic) bond motifs is 5. The van der Waals surface area contributed by atoms with E-state index in [0.717, 1.165) is 44.9 Å². The van der Waals surface area contributed by atoms with Crippen LogP contribution in [0.5, 0.6) is 0 Å². The molecule has 3 N–H and O–H groups in total. The van der Waals surface area contributed by atoms with E-state index in [0.29, 0.717) is 23.5 Å². The van der Waals surface area contributed by atoms with Gasteiger partial charge in [0.1, 0.15) is 11.8 Å². The summed E-state index contributed by atoms with van der Waals surface area (Å²) in [6.45, 7) is 6.62. The Balaban J connectivity index is 1.61. The van der Waals surface area contributed by atoms with Crippen LogP contribution in [0.1, 0.15) is 65.7 Å². The van der Waals surface area contributed by atoms with E-state index in [4.69, 9.17) is 0 Å². The van der Waals surface area contributed by atoms with Gasteiger partial charge in [-0.15, -0.1) is 0 Å². The molecule has 168 valence electrons. The Labute approximate surface area is 185 Å². The maximum Gasteiger partial charge on any atom is 0.239 e. The lowest BCUT2D eigenvalue weighted by Gasteiger charge is -2.58. The molecule has 0 amide bonds. The van der Waals surface area contributed by atoms with E-state index in [1.54, 1.807) is 0 Å². The summed E-state index contributed by atoms with van der Waals surface area (Å²) in [4.78, 5) is 0. The van der Waals surface area contributed by atoms with Crippen LogP contribution < -0.4 is 4.57 Å². The summed E-state index contributed by atoms with van der Waals surface area (Å²) in [6, 6.07) is 5.97. The highest BCUT2D eigenvalue weighted by molar-refractivity contribution is 5.89. The molecule has 31 heavy (non-hydrogen) atoms. The molecule has 8 atom stereocenters. The molecule has 0 spiro atoms. The standard InChI is InChI=1S/C26H36N2O3/c1-17(27-31)26(28-13-5-4-6-14-28)23(30)16-22-20-8-7-18-15-19(29)9-11-24(18,2)21(20)10-12-25(22,26)3/h4-7,13-14,19-23,29-30H,8-12,15-16H2,1-3H3/p+1. The van der Waals surface area contributed by atoms with Gasteiger partial charge in [-0.1, -0.05) is 36.7 Å². The molecule has 5 heteroatoms. The number of hydrogen-bond donors (Lipinski definition) is 3. The fourth-order valence-electron chi connectivity index (χ4n) is 8.68. The first-order chi connectivity index (χ1) is 14.8. The molecule has 1 aromatic rings. The lowest BCUT2D eigenvalue weighted by molar-refractivity contribution is -0.766. The van der Waals surface area contributed by atoms with Crippen LogP contribution in [-0.2, 0) is 5.54 Å². The van der Waals surface area contributed by atoms with Crippen molar-refractivity contribution in [2.24, 2.45) is 33.7 Å². The first-order valence-electron chi connectivity index (χ1n) is 12.0. The number of oxime groups is 1. The van der Waals surface area contributed by atoms with E-state index in [2.05, 4.69) is 29.6 Å². The zero-order chi connectivity index (χ0) is 22.0. The molecule has 0 radical (unpaired) electrons. The Bertz CT molecular complexity index is 914. The van der Waals surface area contributed by atoms with Gasteiger partial charge >= 0.3 is 0 Å². The maximum atomic E-state index is 11.7. The number of allylic oxidation sites excluding steroid dienone is 1. The van der Waals surface area contributed by atoms with Gasteiger partial charge in [-0.3, -0.25) is 0 Å². The average molecular weight is 426 g/mol. The van der Waals surface area contributed by atoms with Crippen molar-refractivity contribution in [3.63, 3.8) is 0 Å². The van der Waals surface area contributed by atoms with E-state index in [9.17, 15) is 15.4 Å². The second-order valence-electron chi connectivity index (χ2n) is 11.1. The molecule has 5 rings (SSSR count). The molecule has 0 saturated heterocycles. The van der Waals surface area contributed by atoms with Crippen molar-refractivity contribution in [2.45, 2.75) is 83.5 Å². The maximum absolute atomic E-state index is 11.7. The van der Waals surface area contributed by atoms with Crippen LogP contribution in [0.4, 0.5) is 0 Å². The molecular weight excluding hydrogens is 388 g/mol. The third-order valence-corrected chi connectivity index (χ3v) is 10.1. The Morgan fingerprint density at radius 3 is 2.52 bits per heavy atom. The average Bonchev–Trinajstić information content (AvgIpc) is 3.01. The summed E-state index contributed by atoms with van der Waals surface area (Å²) < 4.78 is 2.11. The van der Waals surface area contributed by atoms with E-state index in [1.165, 1.54) is 5.57 Å². The molecule has 1 heterocycles. The van der Waals surface area contributed by atoms with E-state index < -0.39 is 11.6 Å². The van der Waals surface area contributed by atoms with Crippen LogP contribution in [-0.4, -0.2) is 33.3 Å². The van der Waals surface area contributed by atoms with Gasteiger partial charge in [-0.05, 0) is 75.0 Å². The van der Waals surface area contributed by atoms with E-state index in [-0.39, 0.29) is 16.9 Å². The normalized spacial score (nSPS) is 47.2. The van der Waals surface area contributed by atoms with E-state index in [1.807, 2.05) is 37.5 Å². The van der Waals surface area contributed by atoms with Gasteiger partial charge in [-0.2, -0.15) is 4.57 Å². The van der Waals surface area contributed by atoms with Crippen molar-refractivity contribution >= 4 is 5.71 Å². The van der Waals surface area contributed by atoms with Crippen LogP contribution in [0, 0.1) is 28.6 Å². The van der Waals surface area contributed by atoms with E-state index >= 15 is 0 Å². The number of pyridine rings is 1.